The normalized spacial score (nSPS) is 25.3. The van der Waals surface area contributed by atoms with Crippen LogP contribution in [-0.4, -0.2) is 31.2 Å². The van der Waals surface area contributed by atoms with Crippen molar-refractivity contribution in [3.05, 3.63) is 64.6 Å². The highest BCUT2D eigenvalue weighted by molar-refractivity contribution is 9.10. The highest BCUT2D eigenvalue weighted by atomic mass is 79.9. The van der Waals surface area contributed by atoms with E-state index in [1.54, 1.807) is 62.4 Å². The number of aliphatic imine (C=N–C) groups is 1. The van der Waals surface area contributed by atoms with Gasteiger partial charge in [-0.05, 0) is 43.7 Å². The van der Waals surface area contributed by atoms with Crippen LogP contribution < -0.4 is 4.90 Å². The predicted molar refractivity (Wildman–Crippen MR) is 121 cm³/mol. The predicted octanol–water partition coefficient (Wildman–Crippen LogP) is 4.76. The first-order chi connectivity index (χ1) is 14.9. The van der Waals surface area contributed by atoms with Crippen molar-refractivity contribution in [1.29, 1.82) is 0 Å². The minimum atomic E-state index is -3.98. The van der Waals surface area contributed by atoms with Crippen molar-refractivity contribution < 1.29 is 23.2 Å². The average molecular weight is 505 g/mol. The van der Waals surface area contributed by atoms with Gasteiger partial charge in [0.1, 0.15) is 0 Å². The highest BCUT2D eigenvalue weighted by Crippen LogP contribution is 2.72. The third kappa shape index (κ3) is 3.33. The van der Waals surface area contributed by atoms with Crippen molar-refractivity contribution >= 4 is 47.2 Å². The Morgan fingerprint density at radius 1 is 1.00 bits per heavy atom. The Bertz CT molecular complexity index is 1070. The van der Waals surface area contributed by atoms with Gasteiger partial charge in [-0.15, -0.1) is 0 Å². The number of anilines is 1. The van der Waals surface area contributed by atoms with Gasteiger partial charge in [0.2, 0.25) is 11.8 Å². The molecule has 162 valence electrons. The lowest BCUT2D eigenvalue weighted by Gasteiger charge is -2.37. The molecule has 1 saturated heterocycles. The Kier molecular flexibility index (Phi) is 6.01. The first-order valence-corrected chi connectivity index (χ1v) is 12.4. The lowest BCUT2D eigenvalue weighted by Crippen LogP contribution is -2.40. The highest BCUT2D eigenvalue weighted by Gasteiger charge is 2.69. The Morgan fingerprint density at radius 3 is 2.19 bits per heavy atom. The summed E-state index contributed by atoms with van der Waals surface area (Å²) in [5.74, 6) is -2.77. The summed E-state index contributed by atoms with van der Waals surface area (Å²) < 4.78 is 26.4. The van der Waals surface area contributed by atoms with Crippen LogP contribution >= 0.6 is 23.5 Å². The maximum Gasteiger partial charge on any atom is 0.363 e. The first-order valence-electron chi connectivity index (χ1n) is 10.0. The van der Waals surface area contributed by atoms with Crippen molar-refractivity contribution in [2.45, 2.75) is 19.1 Å². The standard InChI is InChI=1S/C22H22BrN2O5P/c1-3-29-31(28,30-4-2)22(15-8-6-5-7-9-15)19-18(14-24-22)20(26)25(21(19)27)17-12-10-16(23)11-13-17/h5-14,18-19H,3-4H2,1-2H3. The molecule has 0 spiro atoms. The zero-order valence-corrected chi connectivity index (χ0v) is 19.6. The van der Waals surface area contributed by atoms with Crippen LogP contribution in [0, 0.1) is 11.8 Å². The van der Waals surface area contributed by atoms with Crippen molar-refractivity contribution in [2.24, 2.45) is 16.8 Å². The second kappa shape index (κ2) is 8.43. The maximum atomic E-state index is 14.2. The van der Waals surface area contributed by atoms with Gasteiger partial charge >= 0.3 is 7.60 Å². The second-order valence-corrected chi connectivity index (χ2v) is 10.3. The molecule has 31 heavy (non-hydrogen) atoms. The third-order valence-corrected chi connectivity index (χ3v) is 8.73. The van der Waals surface area contributed by atoms with E-state index < -0.39 is 36.5 Å². The molecule has 4 rings (SSSR count). The van der Waals surface area contributed by atoms with E-state index in [1.807, 2.05) is 6.07 Å². The number of imide groups is 1. The van der Waals surface area contributed by atoms with E-state index in [2.05, 4.69) is 20.9 Å². The van der Waals surface area contributed by atoms with E-state index in [-0.39, 0.29) is 13.2 Å². The molecule has 0 radical (unpaired) electrons. The Hall–Kier alpha value is -2.12. The molecule has 3 unspecified atom stereocenters. The molecule has 2 heterocycles. The van der Waals surface area contributed by atoms with Crippen molar-refractivity contribution in [3.63, 3.8) is 0 Å². The fourth-order valence-corrected chi connectivity index (χ4v) is 6.99. The number of halogens is 1. The average Bonchev–Trinajstić information content (AvgIpc) is 3.28. The fraction of sp³-hybridized carbons (Fsp3) is 0.318. The van der Waals surface area contributed by atoms with Crippen LogP contribution in [0.15, 0.2) is 64.1 Å². The smallest absolute Gasteiger partial charge is 0.307 e. The van der Waals surface area contributed by atoms with Crippen LogP contribution in [0.25, 0.3) is 0 Å². The van der Waals surface area contributed by atoms with E-state index >= 15 is 0 Å². The molecule has 0 saturated carbocycles. The van der Waals surface area contributed by atoms with Crippen LogP contribution in [0.5, 0.6) is 0 Å². The van der Waals surface area contributed by atoms with Gasteiger partial charge in [-0.2, -0.15) is 0 Å². The number of nitrogens with zero attached hydrogens (tertiary/aromatic N) is 2. The van der Waals surface area contributed by atoms with Crippen LogP contribution in [0.2, 0.25) is 0 Å². The molecule has 0 aromatic heterocycles. The summed E-state index contributed by atoms with van der Waals surface area (Å²) in [7, 11) is -3.98. The lowest BCUT2D eigenvalue weighted by molar-refractivity contribution is -0.123. The minimum absolute atomic E-state index is 0.108. The van der Waals surface area contributed by atoms with Gasteiger partial charge < -0.3 is 9.05 Å². The molecule has 2 aliphatic rings. The summed E-state index contributed by atoms with van der Waals surface area (Å²) in [5, 5.41) is -1.64. The topological polar surface area (TPSA) is 85.3 Å². The Morgan fingerprint density at radius 2 is 1.61 bits per heavy atom. The Labute approximate surface area is 189 Å². The van der Waals surface area contributed by atoms with Gasteiger partial charge in [-0.1, -0.05) is 46.3 Å². The summed E-state index contributed by atoms with van der Waals surface area (Å²) in [6, 6.07) is 15.7. The molecule has 1 fully saturated rings. The number of amides is 2. The molecular formula is C22H22BrN2O5P. The molecule has 0 aliphatic carbocycles. The van der Waals surface area contributed by atoms with Gasteiger partial charge in [0.25, 0.3) is 0 Å². The summed E-state index contributed by atoms with van der Waals surface area (Å²) >= 11 is 3.36. The molecular weight excluding hydrogens is 483 g/mol. The number of rotatable bonds is 7. The quantitative estimate of drug-likeness (QED) is 0.400. The molecule has 7 nitrogen and oxygen atoms in total. The molecule has 0 bridgehead atoms. The molecule has 9 heteroatoms. The third-order valence-electron chi connectivity index (χ3n) is 5.52. The summed E-state index contributed by atoms with van der Waals surface area (Å²) in [6.07, 6.45) is 1.43. The van der Waals surface area contributed by atoms with E-state index in [4.69, 9.17) is 9.05 Å². The number of hydrogen-bond donors (Lipinski definition) is 0. The fourth-order valence-electron chi connectivity index (χ4n) is 4.29. The minimum Gasteiger partial charge on any atom is -0.307 e. The molecule has 2 aliphatic heterocycles. The number of carbonyl (C=O) groups is 2. The van der Waals surface area contributed by atoms with Crippen LogP contribution in [0.3, 0.4) is 0 Å². The molecule has 0 N–H and O–H groups in total. The van der Waals surface area contributed by atoms with Crippen molar-refractivity contribution in [2.75, 3.05) is 18.1 Å². The summed E-state index contributed by atoms with van der Waals surface area (Å²) in [4.78, 5) is 32.7. The zero-order valence-electron chi connectivity index (χ0n) is 17.1. The number of carbonyl (C=O) groups excluding carboxylic acids is 2. The molecule has 2 amide bonds. The van der Waals surface area contributed by atoms with Crippen LogP contribution in [0.1, 0.15) is 19.4 Å². The van der Waals surface area contributed by atoms with Crippen molar-refractivity contribution in [1.82, 2.24) is 0 Å². The lowest BCUT2D eigenvalue weighted by atomic mass is 9.87. The van der Waals surface area contributed by atoms with Crippen LogP contribution in [-0.2, 0) is 28.5 Å². The second-order valence-electron chi connectivity index (χ2n) is 7.20. The van der Waals surface area contributed by atoms with E-state index in [0.717, 1.165) is 9.37 Å². The molecule has 2 aromatic rings. The largest absolute Gasteiger partial charge is 0.363 e. The number of benzene rings is 2. The zero-order chi connectivity index (χ0) is 22.2. The molecule has 2 aromatic carbocycles. The number of fused-ring (bicyclic) bond motifs is 1. The van der Waals surface area contributed by atoms with E-state index in [9.17, 15) is 14.2 Å². The van der Waals surface area contributed by atoms with E-state index in [0.29, 0.717) is 11.3 Å². The number of hydrogen-bond acceptors (Lipinski definition) is 6. The monoisotopic (exact) mass is 504 g/mol. The first kappa shape index (κ1) is 22.1. The SMILES string of the molecule is CCOP(=O)(OCC)C1(c2ccccc2)N=CC2C(=O)N(c3ccc(Br)cc3)C(=O)C21. The van der Waals surface area contributed by atoms with Gasteiger partial charge in [0.15, 0.2) is 5.28 Å². The van der Waals surface area contributed by atoms with Gasteiger partial charge in [-0.25, -0.2) is 4.90 Å². The van der Waals surface area contributed by atoms with E-state index in [1.165, 1.54) is 6.21 Å². The summed E-state index contributed by atoms with van der Waals surface area (Å²) in [5.41, 5.74) is 0.966. The van der Waals surface area contributed by atoms with Gasteiger partial charge in [-0.3, -0.25) is 19.1 Å². The van der Waals surface area contributed by atoms with Gasteiger partial charge in [0.05, 0.1) is 30.7 Å². The summed E-state index contributed by atoms with van der Waals surface area (Å²) in [6.45, 7) is 3.63. The van der Waals surface area contributed by atoms with Crippen molar-refractivity contribution in [3.8, 4) is 0 Å². The van der Waals surface area contributed by atoms with Gasteiger partial charge in [0, 0.05) is 10.7 Å². The molecule has 3 atom stereocenters. The maximum absolute atomic E-state index is 14.2. The van der Waals surface area contributed by atoms with Crippen LogP contribution in [0.4, 0.5) is 5.69 Å². The Balaban J connectivity index is 1.89.